The van der Waals surface area contributed by atoms with Gasteiger partial charge in [-0.1, -0.05) is 38.3 Å². The van der Waals surface area contributed by atoms with Crippen molar-refractivity contribution in [1.82, 2.24) is 15.5 Å². The van der Waals surface area contributed by atoms with E-state index in [-0.39, 0.29) is 24.1 Å². The van der Waals surface area contributed by atoms with E-state index in [9.17, 15) is 14.4 Å². The van der Waals surface area contributed by atoms with Crippen molar-refractivity contribution in [2.45, 2.75) is 89.9 Å². The normalized spacial score (nSPS) is 26.6. The molecule has 2 heterocycles. The molecule has 0 radical (unpaired) electrons. The van der Waals surface area contributed by atoms with Crippen LogP contribution in [0.15, 0.2) is 18.2 Å². The van der Waals surface area contributed by atoms with Gasteiger partial charge < -0.3 is 10.2 Å². The summed E-state index contributed by atoms with van der Waals surface area (Å²) in [5, 5.41) is 6.06. The monoisotopic (exact) mass is 411 g/mol. The number of benzene rings is 1. The Balaban J connectivity index is 1.31. The predicted octanol–water partition coefficient (Wildman–Crippen LogP) is 3.29. The molecular formula is C24H33N3O3. The number of hydrogen-bond donors (Lipinski definition) is 2. The van der Waals surface area contributed by atoms with Gasteiger partial charge in [-0.05, 0) is 55.2 Å². The second-order valence-electron chi connectivity index (χ2n) is 9.13. The lowest BCUT2D eigenvalue weighted by atomic mass is 9.83. The number of unbranched alkanes of at least 4 members (excludes halogenated alkanes) is 1. The van der Waals surface area contributed by atoms with Crippen LogP contribution in [0, 0.1) is 5.92 Å². The molecule has 0 spiro atoms. The second kappa shape index (κ2) is 9.29. The number of imide groups is 1. The number of carbonyl (C=O) groups is 3. The molecule has 6 heteroatoms. The van der Waals surface area contributed by atoms with Gasteiger partial charge in [0, 0.05) is 31.1 Å². The van der Waals surface area contributed by atoms with E-state index >= 15 is 0 Å². The molecule has 1 aromatic rings. The molecule has 3 amide bonds. The fraction of sp³-hybridized carbons (Fsp3) is 0.625. The summed E-state index contributed by atoms with van der Waals surface area (Å²) in [4.78, 5) is 38.0. The quantitative estimate of drug-likeness (QED) is 0.675. The first-order valence-electron chi connectivity index (χ1n) is 11.5. The molecule has 1 saturated heterocycles. The molecule has 1 saturated carbocycles. The third-order valence-corrected chi connectivity index (χ3v) is 7.00. The average molecular weight is 412 g/mol. The van der Waals surface area contributed by atoms with Crippen LogP contribution in [0.2, 0.25) is 0 Å². The first-order chi connectivity index (χ1) is 14.5. The summed E-state index contributed by atoms with van der Waals surface area (Å²) in [6.07, 6.45) is 9.88. The summed E-state index contributed by atoms with van der Waals surface area (Å²) in [5.74, 6) is 0.189. The average Bonchev–Trinajstić information content (AvgIpc) is 3.07. The lowest BCUT2D eigenvalue weighted by Gasteiger charge is -2.29. The molecule has 0 aromatic heterocycles. The van der Waals surface area contributed by atoms with Crippen molar-refractivity contribution in [3.63, 3.8) is 0 Å². The van der Waals surface area contributed by atoms with Crippen molar-refractivity contribution in [1.29, 1.82) is 0 Å². The Bertz CT molecular complexity index is 814. The lowest BCUT2D eigenvalue weighted by molar-refractivity contribution is -0.136. The summed E-state index contributed by atoms with van der Waals surface area (Å²) in [7, 11) is 0. The van der Waals surface area contributed by atoms with Gasteiger partial charge in [-0.3, -0.25) is 19.7 Å². The first-order valence-corrected chi connectivity index (χ1v) is 11.5. The molecular weight excluding hydrogens is 378 g/mol. The van der Waals surface area contributed by atoms with Crippen LogP contribution < -0.4 is 10.6 Å². The summed E-state index contributed by atoms with van der Waals surface area (Å²) in [5.41, 5.74) is 2.84. The van der Waals surface area contributed by atoms with Crippen molar-refractivity contribution in [3.05, 3.63) is 34.9 Å². The van der Waals surface area contributed by atoms with Crippen LogP contribution in [-0.2, 0) is 22.7 Å². The molecule has 2 aliphatic heterocycles. The van der Waals surface area contributed by atoms with E-state index in [0.29, 0.717) is 24.6 Å². The number of rotatable bonds is 7. The summed E-state index contributed by atoms with van der Waals surface area (Å²) < 4.78 is 0. The molecule has 3 aliphatic rings. The molecule has 1 aliphatic carbocycles. The summed E-state index contributed by atoms with van der Waals surface area (Å²) in [6, 6.07) is 6.04. The summed E-state index contributed by atoms with van der Waals surface area (Å²) >= 11 is 0. The number of carbonyl (C=O) groups excluding carboxylic acids is 3. The highest BCUT2D eigenvalue weighted by Gasteiger charge is 2.39. The number of piperidine rings is 1. The van der Waals surface area contributed by atoms with Gasteiger partial charge in [0.25, 0.3) is 5.91 Å². The Morgan fingerprint density at radius 1 is 1.10 bits per heavy atom. The maximum Gasteiger partial charge on any atom is 0.255 e. The third kappa shape index (κ3) is 4.59. The van der Waals surface area contributed by atoms with E-state index in [4.69, 9.17) is 0 Å². The Hall–Kier alpha value is -2.21. The molecule has 162 valence electrons. The van der Waals surface area contributed by atoms with Crippen molar-refractivity contribution >= 4 is 17.7 Å². The predicted molar refractivity (Wildman–Crippen MR) is 115 cm³/mol. The van der Waals surface area contributed by atoms with Gasteiger partial charge in [0.15, 0.2) is 0 Å². The molecule has 4 rings (SSSR count). The molecule has 2 fully saturated rings. The summed E-state index contributed by atoms with van der Waals surface area (Å²) in [6.45, 7) is 3.52. The van der Waals surface area contributed by atoms with E-state index in [1.54, 1.807) is 4.90 Å². The zero-order valence-electron chi connectivity index (χ0n) is 17.9. The minimum Gasteiger partial charge on any atom is -0.322 e. The van der Waals surface area contributed by atoms with Gasteiger partial charge in [0.05, 0.1) is 0 Å². The van der Waals surface area contributed by atoms with Crippen LogP contribution in [0.5, 0.6) is 0 Å². The van der Waals surface area contributed by atoms with Crippen LogP contribution in [0.4, 0.5) is 0 Å². The maximum atomic E-state index is 12.8. The molecule has 1 aromatic carbocycles. The molecule has 6 nitrogen and oxygen atoms in total. The molecule has 0 bridgehead atoms. The van der Waals surface area contributed by atoms with Gasteiger partial charge in [-0.25, -0.2) is 0 Å². The highest BCUT2D eigenvalue weighted by molar-refractivity contribution is 6.05. The molecule has 1 atom stereocenters. The lowest BCUT2D eigenvalue weighted by Crippen LogP contribution is -2.52. The van der Waals surface area contributed by atoms with Crippen molar-refractivity contribution in [2.75, 3.05) is 0 Å². The van der Waals surface area contributed by atoms with Gasteiger partial charge >= 0.3 is 0 Å². The first kappa shape index (κ1) is 21.0. The maximum absolute atomic E-state index is 12.8. The van der Waals surface area contributed by atoms with Gasteiger partial charge in [0.1, 0.15) is 6.04 Å². The van der Waals surface area contributed by atoms with E-state index in [2.05, 4.69) is 23.6 Å². The fourth-order valence-corrected chi connectivity index (χ4v) is 5.15. The van der Waals surface area contributed by atoms with E-state index in [0.717, 1.165) is 18.0 Å². The van der Waals surface area contributed by atoms with E-state index < -0.39 is 6.04 Å². The topological polar surface area (TPSA) is 78.5 Å². The minimum atomic E-state index is -0.549. The van der Waals surface area contributed by atoms with Crippen LogP contribution in [-0.4, -0.2) is 34.7 Å². The van der Waals surface area contributed by atoms with Crippen LogP contribution >= 0.6 is 0 Å². The minimum absolute atomic E-state index is 0.107. The van der Waals surface area contributed by atoms with Crippen LogP contribution in [0.3, 0.4) is 0 Å². The van der Waals surface area contributed by atoms with Gasteiger partial charge in [-0.15, -0.1) is 0 Å². The largest absolute Gasteiger partial charge is 0.322 e. The number of nitrogens with zero attached hydrogens (tertiary/aromatic N) is 1. The number of amides is 3. The molecule has 1 unspecified atom stereocenters. The second-order valence-corrected chi connectivity index (χ2v) is 9.13. The Morgan fingerprint density at radius 2 is 1.90 bits per heavy atom. The highest BCUT2D eigenvalue weighted by atomic mass is 16.2. The third-order valence-electron chi connectivity index (χ3n) is 7.00. The standard InChI is InChI=1S/C24H33N3O3/c1-2-3-4-16-5-8-19(9-6-16)25-14-17-7-10-20-18(13-17)15-27(24(20)30)21-11-12-22(28)26-23(21)29/h7,10,13,16,19,21,25H,2-6,8-9,11-12,14-15H2,1H3,(H,26,28,29)/t16-,19-,21?. The Labute approximate surface area is 178 Å². The number of fused-ring (bicyclic) bond motifs is 1. The fourth-order valence-electron chi connectivity index (χ4n) is 5.15. The molecule has 2 N–H and O–H groups in total. The van der Waals surface area contributed by atoms with Crippen molar-refractivity contribution in [2.24, 2.45) is 5.92 Å². The number of nitrogens with one attached hydrogen (secondary N) is 2. The van der Waals surface area contributed by atoms with Crippen molar-refractivity contribution < 1.29 is 14.4 Å². The Morgan fingerprint density at radius 3 is 2.63 bits per heavy atom. The van der Waals surface area contributed by atoms with Gasteiger partial charge in [0.2, 0.25) is 11.8 Å². The van der Waals surface area contributed by atoms with Crippen LogP contribution in [0.25, 0.3) is 0 Å². The smallest absolute Gasteiger partial charge is 0.255 e. The highest BCUT2D eigenvalue weighted by Crippen LogP contribution is 2.30. The SMILES string of the molecule is CCCC[C@H]1CC[C@H](NCc2ccc3c(c2)CN(C2CCC(=O)NC2=O)C3=O)CC1. The molecule has 30 heavy (non-hydrogen) atoms. The van der Waals surface area contributed by atoms with E-state index in [1.807, 2.05) is 12.1 Å². The van der Waals surface area contributed by atoms with E-state index in [1.165, 1.54) is 50.5 Å². The Kier molecular flexibility index (Phi) is 6.52. The van der Waals surface area contributed by atoms with Gasteiger partial charge in [-0.2, -0.15) is 0 Å². The van der Waals surface area contributed by atoms with Crippen LogP contribution in [0.1, 0.15) is 86.2 Å². The zero-order valence-corrected chi connectivity index (χ0v) is 17.9. The van der Waals surface area contributed by atoms with Crippen molar-refractivity contribution in [3.8, 4) is 0 Å². The number of hydrogen-bond acceptors (Lipinski definition) is 4. The zero-order chi connectivity index (χ0) is 21.1.